The Hall–Kier alpha value is -2.41. The highest BCUT2D eigenvalue weighted by molar-refractivity contribution is 9.10. The van der Waals surface area contributed by atoms with E-state index in [-0.39, 0.29) is 11.5 Å². The molecule has 2 aromatic rings. The second-order valence-electron chi connectivity index (χ2n) is 6.04. The van der Waals surface area contributed by atoms with Gasteiger partial charge in [0.1, 0.15) is 11.4 Å². The summed E-state index contributed by atoms with van der Waals surface area (Å²) < 4.78 is 7.76. The maximum Gasteiger partial charge on any atom is 0.269 e. The topological polar surface area (TPSA) is 73.2 Å². The van der Waals surface area contributed by atoms with Crippen LogP contribution >= 0.6 is 15.9 Å². The number of amides is 1. The fraction of sp³-hybridized carbons (Fsp3) is 0.235. The van der Waals surface area contributed by atoms with Gasteiger partial charge in [0.05, 0.1) is 21.4 Å². The summed E-state index contributed by atoms with van der Waals surface area (Å²) in [7, 11) is 0. The van der Waals surface area contributed by atoms with Gasteiger partial charge in [-0.2, -0.15) is 0 Å². The Morgan fingerprint density at radius 3 is 2.88 bits per heavy atom. The standard InChI is InChI=1S/C17H16BrN3O3/c1-10(22)20-11-6-13(18)16(23)21(9-11)14-7-17(2,3)24-15-4-5-19-8-12(14)15/h4-9H,1-3H3,(H,20,22). The number of anilines is 1. The molecule has 1 aliphatic rings. The summed E-state index contributed by atoms with van der Waals surface area (Å²) in [5, 5.41) is 2.69. The lowest BCUT2D eigenvalue weighted by Crippen LogP contribution is -2.32. The van der Waals surface area contributed by atoms with Crippen LogP contribution in [0.4, 0.5) is 5.69 Å². The van der Waals surface area contributed by atoms with E-state index in [9.17, 15) is 9.59 Å². The molecule has 3 rings (SSSR count). The van der Waals surface area contributed by atoms with E-state index in [2.05, 4.69) is 26.2 Å². The lowest BCUT2D eigenvalue weighted by atomic mass is 10.0. The zero-order valence-electron chi connectivity index (χ0n) is 13.5. The molecule has 0 aliphatic carbocycles. The van der Waals surface area contributed by atoms with E-state index in [0.29, 0.717) is 27.2 Å². The van der Waals surface area contributed by atoms with Gasteiger partial charge < -0.3 is 10.1 Å². The third kappa shape index (κ3) is 3.12. The van der Waals surface area contributed by atoms with E-state index in [1.165, 1.54) is 11.5 Å². The third-order valence-electron chi connectivity index (χ3n) is 3.47. The van der Waals surface area contributed by atoms with E-state index < -0.39 is 5.60 Å². The minimum absolute atomic E-state index is 0.213. The Bertz CT molecular complexity index is 916. The van der Waals surface area contributed by atoms with Gasteiger partial charge in [-0.3, -0.25) is 19.1 Å². The zero-order chi connectivity index (χ0) is 17.5. The van der Waals surface area contributed by atoms with Crippen LogP contribution in [0.5, 0.6) is 5.75 Å². The van der Waals surface area contributed by atoms with Crippen molar-refractivity contribution in [2.75, 3.05) is 5.32 Å². The molecule has 0 saturated carbocycles. The molecule has 0 atom stereocenters. The van der Waals surface area contributed by atoms with Gasteiger partial charge in [-0.15, -0.1) is 0 Å². The Labute approximate surface area is 147 Å². The molecule has 1 aliphatic heterocycles. The molecule has 7 heteroatoms. The first-order chi connectivity index (χ1) is 11.3. The molecule has 0 spiro atoms. The second-order valence-corrected chi connectivity index (χ2v) is 6.89. The third-order valence-corrected chi connectivity index (χ3v) is 4.04. The van der Waals surface area contributed by atoms with E-state index in [0.717, 1.165) is 0 Å². The van der Waals surface area contributed by atoms with Gasteiger partial charge in [-0.05, 0) is 48.0 Å². The Morgan fingerprint density at radius 1 is 1.42 bits per heavy atom. The lowest BCUT2D eigenvalue weighted by Gasteiger charge is -2.31. The predicted molar refractivity (Wildman–Crippen MR) is 95.0 cm³/mol. The Balaban J connectivity index is 2.24. The molecule has 3 heterocycles. The molecule has 0 aromatic carbocycles. The molecule has 0 bridgehead atoms. The van der Waals surface area contributed by atoms with Crippen LogP contribution in [-0.4, -0.2) is 21.1 Å². The molecule has 0 radical (unpaired) electrons. The number of carbonyl (C=O) groups is 1. The quantitative estimate of drug-likeness (QED) is 0.856. The summed E-state index contributed by atoms with van der Waals surface area (Å²) in [6.07, 6.45) is 6.76. The molecule has 2 aromatic heterocycles. The van der Waals surface area contributed by atoms with Crippen LogP contribution in [0, 0.1) is 0 Å². The van der Waals surface area contributed by atoms with Crippen LogP contribution in [-0.2, 0) is 4.79 Å². The number of hydrogen-bond donors (Lipinski definition) is 1. The van der Waals surface area contributed by atoms with Crippen molar-refractivity contribution in [1.82, 2.24) is 9.55 Å². The largest absolute Gasteiger partial charge is 0.483 e. The lowest BCUT2D eigenvalue weighted by molar-refractivity contribution is -0.114. The fourth-order valence-corrected chi connectivity index (χ4v) is 3.02. The smallest absolute Gasteiger partial charge is 0.269 e. The minimum atomic E-state index is -0.584. The van der Waals surface area contributed by atoms with Crippen molar-refractivity contribution in [3.8, 4) is 5.75 Å². The first kappa shape index (κ1) is 16.4. The fourth-order valence-electron chi connectivity index (χ4n) is 2.58. The number of aromatic nitrogens is 2. The van der Waals surface area contributed by atoms with Gasteiger partial charge in [0.2, 0.25) is 5.91 Å². The van der Waals surface area contributed by atoms with Crippen LogP contribution in [0.2, 0.25) is 0 Å². The summed E-state index contributed by atoms with van der Waals surface area (Å²) >= 11 is 3.26. The molecule has 24 heavy (non-hydrogen) atoms. The number of halogens is 1. The van der Waals surface area contributed by atoms with Gasteiger partial charge in [0, 0.05) is 25.5 Å². The van der Waals surface area contributed by atoms with E-state index in [1.807, 2.05) is 19.9 Å². The Morgan fingerprint density at radius 2 is 2.17 bits per heavy atom. The normalized spacial score (nSPS) is 15.1. The SMILES string of the molecule is CC(=O)Nc1cc(Br)c(=O)n(C2=CC(C)(C)Oc3ccncc32)c1. The summed E-state index contributed by atoms with van der Waals surface area (Å²) in [4.78, 5) is 28.1. The number of nitrogens with zero attached hydrogens (tertiary/aromatic N) is 2. The van der Waals surface area contributed by atoms with Crippen molar-refractivity contribution < 1.29 is 9.53 Å². The highest BCUT2D eigenvalue weighted by atomic mass is 79.9. The number of hydrogen-bond acceptors (Lipinski definition) is 4. The van der Waals surface area contributed by atoms with E-state index >= 15 is 0 Å². The van der Waals surface area contributed by atoms with Crippen molar-refractivity contribution in [3.63, 3.8) is 0 Å². The van der Waals surface area contributed by atoms with Crippen molar-refractivity contribution in [2.24, 2.45) is 0 Å². The number of carbonyl (C=O) groups excluding carboxylic acids is 1. The molecular weight excluding hydrogens is 374 g/mol. The van der Waals surface area contributed by atoms with Crippen LogP contribution in [0.1, 0.15) is 26.3 Å². The maximum absolute atomic E-state index is 12.6. The minimum Gasteiger partial charge on any atom is -0.483 e. The number of fused-ring (bicyclic) bond motifs is 1. The van der Waals surface area contributed by atoms with E-state index in [1.54, 1.807) is 30.7 Å². The first-order valence-electron chi connectivity index (χ1n) is 7.33. The van der Waals surface area contributed by atoms with Crippen molar-refractivity contribution in [3.05, 3.63) is 57.2 Å². The van der Waals surface area contributed by atoms with Crippen molar-refractivity contribution in [1.29, 1.82) is 0 Å². The summed E-state index contributed by atoms with van der Waals surface area (Å²) in [6, 6.07) is 3.34. The number of ether oxygens (including phenoxy) is 1. The monoisotopic (exact) mass is 389 g/mol. The average Bonchev–Trinajstić information content (AvgIpc) is 2.48. The number of pyridine rings is 2. The van der Waals surface area contributed by atoms with Gasteiger partial charge in [0.15, 0.2) is 0 Å². The van der Waals surface area contributed by atoms with Crippen LogP contribution < -0.4 is 15.6 Å². The van der Waals surface area contributed by atoms with E-state index in [4.69, 9.17) is 4.74 Å². The van der Waals surface area contributed by atoms with Crippen LogP contribution in [0.3, 0.4) is 0 Å². The molecule has 6 nitrogen and oxygen atoms in total. The van der Waals surface area contributed by atoms with Crippen LogP contribution in [0.15, 0.2) is 46.1 Å². The summed E-state index contributed by atoms with van der Waals surface area (Å²) in [6.45, 7) is 5.24. The van der Waals surface area contributed by atoms with Crippen molar-refractivity contribution in [2.45, 2.75) is 26.4 Å². The molecular formula is C17H16BrN3O3. The van der Waals surface area contributed by atoms with Gasteiger partial charge >= 0.3 is 0 Å². The molecule has 0 saturated heterocycles. The van der Waals surface area contributed by atoms with Gasteiger partial charge in [-0.25, -0.2) is 0 Å². The number of nitrogens with one attached hydrogen (secondary N) is 1. The summed E-state index contributed by atoms with van der Waals surface area (Å²) in [5.74, 6) is 0.441. The Kier molecular flexibility index (Phi) is 4.04. The molecule has 124 valence electrons. The number of rotatable bonds is 2. The molecule has 0 fully saturated rings. The molecule has 1 amide bonds. The zero-order valence-corrected chi connectivity index (χ0v) is 15.0. The summed E-state index contributed by atoms with van der Waals surface area (Å²) in [5.41, 5.74) is 1.07. The highest BCUT2D eigenvalue weighted by Crippen LogP contribution is 2.35. The van der Waals surface area contributed by atoms with Crippen molar-refractivity contribution >= 4 is 33.2 Å². The molecule has 1 N–H and O–H groups in total. The second kappa shape index (κ2) is 5.90. The van der Waals surface area contributed by atoms with Crippen LogP contribution in [0.25, 0.3) is 5.70 Å². The highest BCUT2D eigenvalue weighted by Gasteiger charge is 2.28. The van der Waals surface area contributed by atoms with Gasteiger partial charge in [0.25, 0.3) is 5.56 Å². The van der Waals surface area contributed by atoms with Gasteiger partial charge in [-0.1, -0.05) is 0 Å². The maximum atomic E-state index is 12.6. The molecule has 0 unspecified atom stereocenters. The first-order valence-corrected chi connectivity index (χ1v) is 8.12. The average molecular weight is 390 g/mol. The predicted octanol–water partition coefficient (Wildman–Crippen LogP) is 3.02.